The summed E-state index contributed by atoms with van der Waals surface area (Å²) in [4.78, 5) is 16.7. The lowest BCUT2D eigenvalue weighted by molar-refractivity contribution is -0.142. The topological polar surface area (TPSA) is 32.8 Å². The van der Waals surface area contributed by atoms with Gasteiger partial charge in [0, 0.05) is 32.8 Å². The smallest absolute Gasteiger partial charge is 0.251 e. The Balaban J connectivity index is 1.51. The van der Waals surface area contributed by atoms with Crippen LogP contribution in [0.2, 0.25) is 0 Å². The van der Waals surface area contributed by atoms with E-state index in [1.807, 2.05) is 4.90 Å². The molecule has 28 heavy (non-hydrogen) atoms. The van der Waals surface area contributed by atoms with Gasteiger partial charge in [-0.1, -0.05) is 24.3 Å². The number of piperazine rings is 1. The molecule has 2 saturated heterocycles. The number of nitrogens with zero attached hydrogens (tertiary/aromatic N) is 2. The van der Waals surface area contributed by atoms with Crippen molar-refractivity contribution in [3.63, 3.8) is 0 Å². The molecule has 0 N–H and O–H groups in total. The second-order valence-corrected chi connectivity index (χ2v) is 7.37. The van der Waals surface area contributed by atoms with E-state index >= 15 is 0 Å². The second kappa shape index (κ2) is 8.37. The van der Waals surface area contributed by atoms with Crippen LogP contribution in [-0.2, 0) is 9.53 Å². The van der Waals surface area contributed by atoms with E-state index in [0.29, 0.717) is 32.8 Å². The molecule has 0 saturated carbocycles. The van der Waals surface area contributed by atoms with Crippen LogP contribution in [-0.4, -0.2) is 54.6 Å². The number of hydrogen-bond acceptors (Lipinski definition) is 3. The number of carbonyl (C=O) groups excluding carboxylic acids is 1. The van der Waals surface area contributed by atoms with Crippen LogP contribution in [0.15, 0.2) is 48.5 Å². The molecule has 0 radical (unpaired) electrons. The number of hydrogen-bond donors (Lipinski definition) is 0. The fourth-order valence-corrected chi connectivity index (χ4v) is 4.08. The first-order valence-electron chi connectivity index (χ1n) is 9.77. The lowest BCUT2D eigenvalue weighted by Crippen LogP contribution is -2.52. The average Bonchev–Trinajstić information content (AvgIpc) is 3.26. The largest absolute Gasteiger partial charge is 0.368 e. The molecule has 0 spiro atoms. The maximum absolute atomic E-state index is 13.4. The van der Waals surface area contributed by atoms with Crippen LogP contribution in [0.1, 0.15) is 30.0 Å². The van der Waals surface area contributed by atoms with Gasteiger partial charge in [-0.25, -0.2) is 8.78 Å². The number of benzene rings is 2. The van der Waals surface area contributed by atoms with Crippen molar-refractivity contribution in [1.82, 2.24) is 9.80 Å². The average molecular weight is 386 g/mol. The lowest BCUT2D eigenvalue weighted by Gasteiger charge is -2.40. The third kappa shape index (κ3) is 4.08. The minimum atomic E-state index is -0.295. The third-order valence-corrected chi connectivity index (χ3v) is 5.57. The van der Waals surface area contributed by atoms with Crippen molar-refractivity contribution < 1.29 is 18.3 Å². The molecule has 2 heterocycles. The van der Waals surface area contributed by atoms with Crippen LogP contribution in [0.5, 0.6) is 0 Å². The summed E-state index contributed by atoms with van der Waals surface area (Å²) in [6.45, 7) is 3.29. The SMILES string of the molecule is O=C([C@@H]1CCCO1)N1CCN(C(c2ccc(F)cc2)c2ccc(F)cc2)CC1. The highest BCUT2D eigenvalue weighted by atomic mass is 19.1. The van der Waals surface area contributed by atoms with Gasteiger partial charge in [0.15, 0.2) is 0 Å². The van der Waals surface area contributed by atoms with Crippen LogP contribution in [0.25, 0.3) is 0 Å². The summed E-state index contributed by atoms with van der Waals surface area (Å²) in [5.41, 5.74) is 1.90. The number of amides is 1. The van der Waals surface area contributed by atoms with Crippen LogP contribution < -0.4 is 0 Å². The van der Waals surface area contributed by atoms with Crippen molar-refractivity contribution in [2.45, 2.75) is 25.0 Å². The molecule has 6 heteroatoms. The Morgan fingerprint density at radius 1 is 0.893 bits per heavy atom. The van der Waals surface area contributed by atoms with Gasteiger partial charge in [-0.15, -0.1) is 0 Å². The van der Waals surface area contributed by atoms with Gasteiger partial charge in [-0.2, -0.15) is 0 Å². The highest BCUT2D eigenvalue weighted by molar-refractivity contribution is 5.81. The Morgan fingerprint density at radius 2 is 1.43 bits per heavy atom. The van der Waals surface area contributed by atoms with Crippen LogP contribution in [0.3, 0.4) is 0 Å². The molecule has 1 atom stereocenters. The highest BCUT2D eigenvalue weighted by Gasteiger charge is 2.32. The van der Waals surface area contributed by atoms with Gasteiger partial charge in [0.2, 0.25) is 0 Å². The van der Waals surface area contributed by atoms with Crippen LogP contribution in [0, 0.1) is 11.6 Å². The van der Waals surface area contributed by atoms with E-state index in [2.05, 4.69) is 4.90 Å². The molecule has 2 aromatic rings. The Morgan fingerprint density at radius 3 is 1.89 bits per heavy atom. The molecule has 2 aromatic carbocycles. The maximum atomic E-state index is 13.4. The Labute approximate surface area is 163 Å². The Kier molecular flexibility index (Phi) is 5.69. The summed E-state index contributed by atoms with van der Waals surface area (Å²) >= 11 is 0. The predicted molar refractivity (Wildman–Crippen MR) is 102 cm³/mol. The zero-order valence-electron chi connectivity index (χ0n) is 15.7. The molecule has 1 amide bonds. The normalized spacial score (nSPS) is 20.7. The van der Waals surface area contributed by atoms with Crippen molar-refractivity contribution >= 4 is 5.91 Å². The minimum absolute atomic E-state index is 0.0808. The van der Waals surface area contributed by atoms with Gasteiger partial charge < -0.3 is 9.64 Å². The molecule has 148 valence electrons. The van der Waals surface area contributed by atoms with Crippen molar-refractivity contribution in [2.75, 3.05) is 32.8 Å². The molecule has 2 aliphatic heterocycles. The van der Waals surface area contributed by atoms with Gasteiger partial charge in [-0.05, 0) is 48.2 Å². The first kappa shape index (κ1) is 19.0. The fraction of sp³-hybridized carbons (Fsp3) is 0.409. The summed E-state index contributed by atoms with van der Waals surface area (Å²) < 4.78 is 32.4. The summed E-state index contributed by atoms with van der Waals surface area (Å²) in [6, 6.07) is 12.8. The first-order valence-corrected chi connectivity index (χ1v) is 9.77. The van der Waals surface area contributed by atoms with Gasteiger partial charge in [-0.3, -0.25) is 9.69 Å². The zero-order chi connectivity index (χ0) is 19.5. The molecule has 2 fully saturated rings. The quantitative estimate of drug-likeness (QED) is 0.808. The summed E-state index contributed by atoms with van der Waals surface area (Å²) in [5, 5.41) is 0. The summed E-state index contributed by atoms with van der Waals surface area (Å²) in [7, 11) is 0. The third-order valence-electron chi connectivity index (χ3n) is 5.57. The summed E-state index contributed by atoms with van der Waals surface area (Å²) in [5.74, 6) is -0.487. The van der Waals surface area contributed by atoms with Crippen molar-refractivity contribution in [2.24, 2.45) is 0 Å². The Hall–Kier alpha value is -2.31. The van der Waals surface area contributed by atoms with Crippen molar-refractivity contribution in [3.05, 3.63) is 71.3 Å². The Bertz CT molecular complexity index is 751. The van der Waals surface area contributed by atoms with Crippen molar-refractivity contribution in [3.8, 4) is 0 Å². The van der Waals surface area contributed by atoms with E-state index in [4.69, 9.17) is 4.74 Å². The molecule has 4 rings (SSSR count). The van der Waals surface area contributed by atoms with E-state index in [1.165, 1.54) is 24.3 Å². The second-order valence-electron chi connectivity index (χ2n) is 7.37. The minimum Gasteiger partial charge on any atom is -0.368 e. The standard InChI is InChI=1S/C22H24F2N2O2/c23-18-7-3-16(4-8-18)21(17-5-9-19(24)10-6-17)25-11-13-26(14-12-25)22(27)20-2-1-15-28-20/h3-10,20-21H,1-2,11-15H2/t20-/m0/s1. The maximum Gasteiger partial charge on any atom is 0.251 e. The van der Waals surface area contributed by atoms with E-state index in [9.17, 15) is 13.6 Å². The highest BCUT2D eigenvalue weighted by Crippen LogP contribution is 2.30. The lowest BCUT2D eigenvalue weighted by atomic mass is 9.96. The molecular weight excluding hydrogens is 362 g/mol. The monoisotopic (exact) mass is 386 g/mol. The van der Waals surface area contributed by atoms with Gasteiger partial charge in [0.1, 0.15) is 17.7 Å². The number of halogens is 2. The number of carbonyl (C=O) groups is 1. The molecular formula is C22H24F2N2O2. The molecule has 0 unspecified atom stereocenters. The van der Waals surface area contributed by atoms with E-state index in [0.717, 1.165) is 24.0 Å². The van der Waals surface area contributed by atoms with Crippen LogP contribution >= 0.6 is 0 Å². The molecule has 0 bridgehead atoms. The summed E-state index contributed by atoms with van der Waals surface area (Å²) in [6.07, 6.45) is 1.44. The number of ether oxygens (including phenoxy) is 1. The van der Waals surface area contributed by atoms with Crippen molar-refractivity contribution in [1.29, 1.82) is 0 Å². The van der Waals surface area contributed by atoms with Gasteiger partial charge >= 0.3 is 0 Å². The molecule has 0 aliphatic carbocycles. The van der Waals surface area contributed by atoms with E-state index in [-0.39, 0.29) is 29.7 Å². The molecule has 4 nitrogen and oxygen atoms in total. The van der Waals surface area contributed by atoms with E-state index in [1.54, 1.807) is 24.3 Å². The van der Waals surface area contributed by atoms with Gasteiger partial charge in [0.05, 0.1) is 6.04 Å². The fourth-order valence-electron chi connectivity index (χ4n) is 4.08. The molecule has 0 aromatic heterocycles. The molecule has 2 aliphatic rings. The van der Waals surface area contributed by atoms with Crippen LogP contribution in [0.4, 0.5) is 8.78 Å². The van der Waals surface area contributed by atoms with E-state index < -0.39 is 0 Å². The number of rotatable bonds is 4. The predicted octanol–water partition coefficient (Wildman–Crippen LogP) is 3.38. The van der Waals surface area contributed by atoms with Gasteiger partial charge in [0.25, 0.3) is 5.91 Å². The zero-order valence-corrected chi connectivity index (χ0v) is 15.7. The first-order chi connectivity index (χ1) is 13.6.